The Morgan fingerprint density at radius 3 is 2.61 bits per heavy atom. The van der Waals surface area contributed by atoms with Gasteiger partial charge in [-0.05, 0) is 17.7 Å². The van der Waals surface area contributed by atoms with Crippen molar-refractivity contribution in [3.8, 4) is 12.3 Å². The van der Waals surface area contributed by atoms with Crippen LogP contribution in [0.4, 0.5) is 17.3 Å². The molecule has 0 spiro atoms. The summed E-state index contributed by atoms with van der Waals surface area (Å²) in [6.45, 7) is -0.280. The Hall–Kier alpha value is -4.43. The fourth-order valence-electron chi connectivity index (χ4n) is 3.29. The number of anilines is 2. The zero-order chi connectivity index (χ0) is 23.7. The lowest BCUT2D eigenvalue weighted by Gasteiger charge is -2.15. The van der Waals surface area contributed by atoms with Gasteiger partial charge in [0.25, 0.3) is 5.69 Å². The Balaban J connectivity index is 1.81. The highest BCUT2D eigenvalue weighted by molar-refractivity contribution is 6.34. The van der Waals surface area contributed by atoms with Gasteiger partial charge in [0.2, 0.25) is 5.95 Å². The summed E-state index contributed by atoms with van der Waals surface area (Å²) in [5.41, 5.74) is 0.0689. The van der Waals surface area contributed by atoms with Crippen LogP contribution in [0.5, 0.6) is 0 Å². The number of rotatable bonds is 6. The molecule has 0 atom stereocenters. The summed E-state index contributed by atoms with van der Waals surface area (Å²) in [6.07, 6.45) is 7.08. The molecule has 0 amide bonds. The molecule has 2 aromatic heterocycles. The number of nitrogens with zero attached hydrogens (tertiary/aromatic N) is 6. The summed E-state index contributed by atoms with van der Waals surface area (Å²) in [5, 5.41) is 19.3. The number of hydrogen-bond donors (Lipinski definition) is 1. The van der Waals surface area contributed by atoms with Gasteiger partial charge in [0.15, 0.2) is 0 Å². The number of aryl methyl sites for hydroxylation is 1. The summed E-state index contributed by atoms with van der Waals surface area (Å²) >= 11 is 6.38. The highest BCUT2D eigenvalue weighted by atomic mass is 35.5. The molecule has 2 heterocycles. The third-order valence-electron chi connectivity index (χ3n) is 4.84. The van der Waals surface area contributed by atoms with E-state index < -0.39 is 16.3 Å². The molecular weight excluding hydrogens is 450 g/mol. The highest BCUT2D eigenvalue weighted by Gasteiger charge is 2.16. The Morgan fingerprint density at radius 1 is 1.21 bits per heavy atom. The van der Waals surface area contributed by atoms with Crippen molar-refractivity contribution in [1.82, 2.24) is 23.9 Å². The molecule has 0 bridgehead atoms. The second kappa shape index (κ2) is 8.60. The number of nitro groups is 1. The van der Waals surface area contributed by atoms with Gasteiger partial charge in [0.1, 0.15) is 0 Å². The fraction of sp³-hybridized carbons (Fsp3) is 0.143. The number of nitrogens with one attached hydrogen (secondary N) is 1. The van der Waals surface area contributed by atoms with Crippen molar-refractivity contribution in [1.29, 1.82) is 0 Å². The number of hydrogen-bond acceptors (Lipinski definition) is 7. The second-order valence-corrected chi connectivity index (χ2v) is 7.53. The molecule has 0 fully saturated rings. The molecule has 0 radical (unpaired) electrons. The number of fused-ring (bicyclic) bond motifs is 1. The first-order chi connectivity index (χ1) is 15.8. The van der Waals surface area contributed by atoms with E-state index in [-0.39, 0.29) is 24.7 Å². The molecule has 0 saturated carbocycles. The van der Waals surface area contributed by atoms with E-state index >= 15 is 0 Å². The topological polar surface area (TPSA) is 130 Å². The number of non-ortho nitro benzene ring substituents is 1. The van der Waals surface area contributed by atoms with Crippen LogP contribution in [0.2, 0.25) is 5.02 Å². The molecule has 2 aromatic carbocycles. The lowest BCUT2D eigenvalue weighted by molar-refractivity contribution is -0.384. The highest BCUT2D eigenvalue weighted by Crippen LogP contribution is 2.29. The standard InChI is InChI=1S/C21H16ClN7O4/c1-3-8-27-20(30)24-19(23-18-9-14-12-26(2)25-17(14)10-16(18)22)28(21(27)31)11-13-4-6-15(7-5-13)29(32)33/h1,4-7,9-10,12H,8,11H2,2H3,(H,23,24,30). The first-order valence-electron chi connectivity index (χ1n) is 9.55. The zero-order valence-electron chi connectivity index (χ0n) is 17.2. The third kappa shape index (κ3) is 4.32. The predicted octanol–water partition coefficient (Wildman–Crippen LogP) is 2.28. The quantitative estimate of drug-likeness (QED) is 0.262. The maximum atomic E-state index is 13.1. The van der Waals surface area contributed by atoms with Crippen molar-refractivity contribution in [2.45, 2.75) is 13.1 Å². The molecule has 1 N–H and O–H groups in total. The van der Waals surface area contributed by atoms with Crippen LogP contribution in [0.3, 0.4) is 0 Å². The van der Waals surface area contributed by atoms with Crippen LogP contribution in [0, 0.1) is 22.5 Å². The number of aromatic nitrogens is 5. The van der Waals surface area contributed by atoms with Crippen molar-refractivity contribution in [2.24, 2.45) is 7.05 Å². The van der Waals surface area contributed by atoms with Crippen LogP contribution in [0.25, 0.3) is 10.9 Å². The van der Waals surface area contributed by atoms with Crippen LogP contribution >= 0.6 is 11.6 Å². The van der Waals surface area contributed by atoms with E-state index in [1.165, 1.54) is 28.8 Å². The van der Waals surface area contributed by atoms with Crippen molar-refractivity contribution in [2.75, 3.05) is 5.32 Å². The Kier molecular flexibility index (Phi) is 5.68. The average Bonchev–Trinajstić information content (AvgIpc) is 3.13. The molecule has 0 aliphatic heterocycles. The van der Waals surface area contributed by atoms with Gasteiger partial charge >= 0.3 is 11.4 Å². The van der Waals surface area contributed by atoms with Gasteiger partial charge in [-0.25, -0.2) is 14.2 Å². The van der Waals surface area contributed by atoms with Gasteiger partial charge in [0.05, 0.1) is 34.2 Å². The molecule has 0 aliphatic carbocycles. The lowest BCUT2D eigenvalue weighted by atomic mass is 10.2. The Bertz CT molecular complexity index is 1540. The number of nitro benzene ring substituents is 1. The molecule has 0 unspecified atom stereocenters. The fourth-order valence-corrected chi connectivity index (χ4v) is 3.49. The van der Waals surface area contributed by atoms with Crippen LogP contribution < -0.4 is 16.7 Å². The van der Waals surface area contributed by atoms with Crippen molar-refractivity contribution < 1.29 is 4.92 Å². The van der Waals surface area contributed by atoms with Gasteiger partial charge in [0, 0.05) is 30.8 Å². The maximum Gasteiger partial charge on any atom is 0.355 e. The molecule has 0 aliphatic rings. The minimum atomic E-state index is -0.820. The molecule has 4 rings (SSSR count). The molecule has 11 nitrogen and oxygen atoms in total. The van der Waals surface area contributed by atoms with Crippen LogP contribution in [0.1, 0.15) is 5.56 Å². The van der Waals surface area contributed by atoms with Crippen LogP contribution in [-0.2, 0) is 20.1 Å². The average molecular weight is 466 g/mol. The second-order valence-electron chi connectivity index (χ2n) is 7.12. The SMILES string of the molecule is C#CCn1c(=O)nc(Nc2cc3cn(C)nc3cc2Cl)n(Cc2ccc([N+](=O)[O-])cc2)c1=O. The van der Waals surface area contributed by atoms with E-state index in [0.29, 0.717) is 21.8 Å². The molecule has 4 aromatic rings. The number of halogens is 1. The molecule has 166 valence electrons. The number of terminal acetylenes is 1. The van der Waals surface area contributed by atoms with E-state index in [9.17, 15) is 19.7 Å². The van der Waals surface area contributed by atoms with Gasteiger partial charge in [-0.1, -0.05) is 29.7 Å². The zero-order valence-corrected chi connectivity index (χ0v) is 18.0. The summed E-state index contributed by atoms with van der Waals surface area (Å²) in [5.74, 6) is 2.21. The van der Waals surface area contributed by atoms with E-state index in [1.54, 1.807) is 30.1 Å². The Labute approximate surface area is 191 Å². The normalized spacial score (nSPS) is 10.8. The molecular formula is C21H16ClN7O4. The van der Waals surface area contributed by atoms with Crippen molar-refractivity contribution >= 4 is 39.8 Å². The third-order valence-corrected chi connectivity index (χ3v) is 5.15. The van der Waals surface area contributed by atoms with Gasteiger partial charge in [-0.15, -0.1) is 6.42 Å². The van der Waals surface area contributed by atoms with Crippen molar-refractivity contribution in [3.05, 3.63) is 84.3 Å². The maximum absolute atomic E-state index is 13.1. The summed E-state index contributed by atoms with van der Waals surface area (Å²) in [4.78, 5) is 39.9. The van der Waals surface area contributed by atoms with Gasteiger partial charge < -0.3 is 5.32 Å². The lowest BCUT2D eigenvalue weighted by Crippen LogP contribution is -2.42. The van der Waals surface area contributed by atoms with Crippen molar-refractivity contribution in [3.63, 3.8) is 0 Å². The summed E-state index contributed by atoms with van der Waals surface area (Å²) in [6, 6.07) is 9.05. The first kappa shape index (κ1) is 21.8. The monoisotopic (exact) mass is 465 g/mol. The predicted molar refractivity (Wildman–Crippen MR) is 123 cm³/mol. The molecule has 0 saturated heterocycles. The first-order valence-corrected chi connectivity index (χ1v) is 9.93. The van der Waals surface area contributed by atoms with Crippen LogP contribution in [-0.4, -0.2) is 28.8 Å². The largest absolute Gasteiger partial charge is 0.355 e. The van der Waals surface area contributed by atoms with E-state index in [0.717, 1.165) is 9.95 Å². The minimum Gasteiger partial charge on any atom is -0.324 e. The number of benzene rings is 2. The van der Waals surface area contributed by atoms with E-state index in [2.05, 4.69) is 21.3 Å². The van der Waals surface area contributed by atoms with E-state index in [1.807, 2.05) is 0 Å². The summed E-state index contributed by atoms with van der Waals surface area (Å²) in [7, 11) is 1.77. The Morgan fingerprint density at radius 2 is 1.94 bits per heavy atom. The minimum absolute atomic E-state index is 0.0240. The van der Waals surface area contributed by atoms with E-state index in [4.69, 9.17) is 18.0 Å². The smallest absolute Gasteiger partial charge is 0.324 e. The summed E-state index contributed by atoms with van der Waals surface area (Å²) < 4.78 is 3.67. The van der Waals surface area contributed by atoms with Crippen LogP contribution in [0.15, 0.2) is 52.2 Å². The van der Waals surface area contributed by atoms with Gasteiger partial charge in [-0.3, -0.25) is 19.4 Å². The molecule has 33 heavy (non-hydrogen) atoms. The van der Waals surface area contributed by atoms with Gasteiger partial charge in [-0.2, -0.15) is 10.1 Å². The molecule has 12 heteroatoms.